The normalized spacial score (nSPS) is 24.9. The van der Waals surface area contributed by atoms with E-state index in [1.54, 1.807) is 11.3 Å². The predicted molar refractivity (Wildman–Crippen MR) is 75.5 cm³/mol. The highest BCUT2D eigenvalue weighted by Gasteiger charge is 2.30. The summed E-state index contributed by atoms with van der Waals surface area (Å²) in [6, 6.07) is -0.211. The molecule has 1 unspecified atom stereocenters. The first-order chi connectivity index (χ1) is 9.05. The van der Waals surface area contributed by atoms with Crippen molar-refractivity contribution in [2.75, 3.05) is 11.5 Å². The Labute approximate surface area is 117 Å². The van der Waals surface area contributed by atoms with Crippen LogP contribution in [0.3, 0.4) is 0 Å². The lowest BCUT2D eigenvalue weighted by molar-refractivity contribution is 0.0940. The maximum absolute atomic E-state index is 12.2. The molecule has 1 N–H and O–H groups in total. The zero-order chi connectivity index (χ0) is 13.5. The number of carbonyl (C=O) groups excluding carboxylic acids is 1. The smallest absolute Gasteiger partial charge is 0.252 e. The van der Waals surface area contributed by atoms with Crippen molar-refractivity contribution in [3.63, 3.8) is 0 Å². The molecule has 0 radical (unpaired) electrons. The second kappa shape index (κ2) is 4.90. The number of hydrogen-bond acceptors (Lipinski definition) is 4. The van der Waals surface area contributed by atoms with Crippen molar-refractivity contribution in [2.24, 2.45) is 0 Å². The van der Waals surface area contributed by atoms with Gasteiger partial charge in [0, 0.05) is 16.3 Å². The van der Waals surface area contributed by atoms with E-state index >= 15 is 0 Å². The zero-order valence-corrected chi connectivity index (χ0v) is 12.3. The molecule has 0 spiro atoms. The van der Waals surface area contributed by atoms with E-state index in [1.165, 1.54) is 16.9 Å². The van der Waals surface area contributed by atoms with Gasteiger partial charge in [0.15, 0.2) is 9.84 Å². The van der Waals surface area contributed by atoms with Crippen LogP contribution in [0, 0.1) is 0 Å². The van der Waals surface area contributed by atoms with Gasteiger partial charge in [0.05, 0.1) is 17.1 Å². The minimum Gasteiger partial charge on any atom is -0.348 e. The van der Waals surface area contributed by atoms with Crippen LogP contribution in [0.25, 0.3) is 0 Å². The molecule has 1 aromatic rings. The minimum atomic E-state index is -2.94. The molecule has 1 saturated heterocycles. The van der Waals surface area contributed by atoms with Crippen molar-refractivity contribution in [1.82, 2.24) is 5.32 Å². The molecule has 0 saturated carbocycles. The lowest BCUT2D eigenvalue weighted by Gasteiger charge is -2.14. The number of amides is 1. The molecule has 19 heavy (non-hydrogen) atoms. The van der Waals surface area contributed by atoms with Gasteiger partial charge in [0.1, 0.15) is 0 Å². The van der Waals surface area contributed by atoms with Crippen molar-refractivity contribution < 1.29 is 13.2 Å². The van der Waals surface area contributed by atoms with Crippen molar-refractivity contribution in [3.8, 4) is 0 Å². The van der Waals surface area contributed by atoms with E-state index < -0.39 is 9.84 Å². The number of nitrogens with one attached hydrogen (secondary N) is 1. The number of carbonyl (C=O) groups is 1. The first-order valence-electron chi connectivity index (χ1n) is 6.66. The fourth-order valence-electron chi connectivity index (χ4n) is 2.86. The van der Waals surface area contributed by atoms with Crippen LogP contribution in [-0.2, 0) is 22.7 Å². The summed E-state index contributed by atoms with van der Waals surface area (Å²) in [5.74, 6) is 0.187. The Morgan fingerprint density at radius 3 is 2.84 bits per heavy atom. The lowest BCUT2D eigenvalue weighted by atomic mass is 9.95. The van der Waals surface area contributed by atoms with Crippen molar-refractivity contribution in [3.05, 3.63) is 21.4 Å². The van der Waals surface area contributed by atoms with E-state index in [1.807, 2.05) is 5.38 Å². The molecule has 2 aliphatic rings. The Morgan fingerprint density at radius 1 is 1.32 bits per heavy atom. The Kier molecular flexibility index (Phi) is 3.39. The molecule has 6 heteroatoms. The van der Waals surface area contributed by atoms with Gasteiger partial charge in [-0.3, -0.25) is 4.79 Å². The Bertz CT molecular complexity index is 603. The highest BCUT2D eigenvalue weighted by Crippen LogP contribution is 2.30. The number of sulfone groups is 1. The van der Waals surface area contributed by atoms with Crippen molar-refractivity contribution in [2.45, 2.75) is 38.1 Å². The number of thiophene rings is 1. The van der Waals surface area contributed by atoms with Crippen LogP contribution in [0.15, 0.2) is 5.38 Å². The molecule has 104 valence electrons. The van der Waals surface area contributed by atoms with E-state index in [0.717, 1.165) is 24.8 Å². The molecule has 3 rings (SSSR count). The Morgan fingerprint density at radius 2 is 2.11 bits per heavy atom. The van der Waals surface area contributed by atoms with E-state index in [2.05, 4.69) is 5.32 Å². The fraction of sp³-hybridized carbons (Fsp3) is 0.615. The molecule has 0 bridgehead atoms. The standard InChI is InChI=1S/C13H17NO3S2/c15-13(14-9-5-6-19(16,17)8-9)11-7-18-12-4-2-1-3-10(11)12/h7,9H,1-6,8H2,(H,14,15). The van der Waals surface area contributed by atoms with Crippen LogP contribution >= 0.6 is 11.3 Å². The predicted octanol–water partition coefficient (Wildman–Crippen LogP) is 1.54. The van der Waals surface area contributed by atoms with Gasteiger partial charge in [-0.2, -0.15) is 0 Å². The summed E-state index contributed by atoms with van der Waals surface area (Å²) < 4.78 is 22.8. The van der Waals surface area contributed by atoms with Gasteiger partial charge in [-0.25, -0.2) is 8.42 Å². The molecule has 1 aliphatic heterocycles. The summed E-state index contributed by atoms with van der Waals surface area (Å²) in [5, 5.41) is 4.80. The second-order valence-corrected chi connectivity index (χ2v) is 8.52. The summed E-state index contributed by atoms with van der Waals surface area (Å²) in [4.78, 5) is 13.6. The highest BCUT2D eigenvalue weighted by molar-refractivity contribution is 7.91. The minimum absolute atomic E-state index is 0.0884. The van der Waals surface area contributed by atoms with E-state index in [9.17, 15) is 13.2 Å². The van der Waals surface area contributed by atoms with Crippen LogP contribution in [0.4, 0.5) is 0 Å². The van der Waals surface area contributed by atoms with Crippen LogP contribution < -0.4 is 5.32 Å². The second-order valence-electron chi connectivity index (χ2n) is 5.33. The van der Waals surface area contributed by atoms with Gasteiger partial charge in [-0.1, -0.05) is 0 Å². The summed E-state index contributed by atoms with van der Waals surface area (Å²) >= 11 is 1.66. The summed E-state index contributed by atoms with van der Waals surface area (Å²) in [6.45, 7) is 0. The molecule has 1 atom stereocenters. The first kappa shape index (κ1) is 13.1. The van der Waals surface area contributed by atoms with Gasteiger partial charge < -0.3 is 5.32 Å². The van der Waals surface area contributed by atoms with E-state index in [-0.39, 0.29) is 23.5 Å². The van der Waals surface area contributed by atoms with Gasteiger partial charge in [-0.05, 0) is 37.7 Å². The SMILES string of the molecule is O=C(NC1CCS(=O)(=O)C1)c1csc2c1CCCC2. The summed E-state index contributed by atoms with van der Waals surface area (Å²) in [7, 11) is -2.94. The maximum Gasteiger partial charge on any atom is 0.252 e. The summed E-state index contributed by atoms with van der Waals surface area (Å²) in [5.41, 5.74) is 1.96. The van der Waals surface area contributed by atoms with Crippen LogP contribution in [0.1, 0.15) is 40.1 Å². The average Bonchev–Trinajstić information content (AvgIpc) is 2.92. The largest absolute Gasteiger partial charge is 0.348 e. The van der Waals surface area contributed by atoms with Gasteiger partial charge in [0.2, 0.25) is 0 Å². The zero-order valence-electron chi connectivity index (χ0n) is 10.6. The molecule has 1 aliphatic carbocycles. The topological polar surface area (TPSA) is 63.2 Å². The van der Waals surface area contributed by atoms with Gasteiger partial charge in [-0.15, -0.1) is 11.3 Å². The molecule has 0 aromatic carbocycles. The van der Waals surface area contributed by atoms with E-state index in [0.29, 0.717) is 6.42 Å². The fourth-order valence-corrected chi connectivity index (χ4v) is 5.66. The average molecular weight is 299 g/mol. The Hall–Kier alpha value is -0.880. The number of hydrogen-bond donors (Lipinski definition) is 1. The molecule has 1 fully saturated rings. The number of aryl methyl sites for hydroxylation is 1. The third-order valence-corrected chi connectivity index (χ3v) is 6.73. The van der Waals surface area contributed by atoms with Crippen LogP contribution in [0.5, 0.6) is 0 Å². The van der Waals surface area contributed by atoms with Gasteiger partial charge >= 0.3 is 0 Å². The van der Waals surface area contributed by atoms with Crippen LogP contribution in [0.2, 0.25) is 0 Å². The molecule has 2 heterocycles. The monoisotopic (exact) mass is 299 g/mol. The molecular weight excluding hydrogens is 282 g/mol. The third kappa shape index (κ3) is 2.69. The quantitative estimate of drug-likeness (QED) is 0.901. The maximum atomic E-state index is 12.2. The third-order valence-electron chi connectivity index (χ3n) is 3.87. The summed E-state index contributed by atoms with van der Waals surface area (Å²) in [6.07, 6.45) is 4.94. The first-order valence-corrected chi connectivity index (χ1v) is 9.36. The van der Waals surface area contributed by atoms with Crippen molar-refractivity contribution in [1.29, 1.82) is 0 Å². The van der Waals surface area contributed by atoms with Crippen molar-refractivity contribution >= 4 is 27.1 Å². The number of fused-ring (bicyclic) bond motifs is 1. The van der Waals surface area contributed by atoms with Gasteiger partial charge in [0.25, 0.3) is 5.91 Å². The highest BCUT2D eigenvalue weighted by atomic mass is 32.2. The Balaban J connectivity index is 1.73. The molecular formula is C13H17NO3S2. The van der Waals surface area contributed by atoms with Crippen LogP contribution in [-0.4, -0.2) is 31.9 Å². The molecule has 4 nitrogen and oxygen atoms in total. The lowest BCUT2D eigenvalue weighted by Crippen LogP contribution is -2.35. The van der Waals surface area contributed by atoms with E-state index in [4.69, 9.17) is 0 Å². The number of rotatable bonds is 2. The molecule has 1 aromatic heterocycles. The molecule has 1 amide bonds.